The van der Waals surface area contributed by atoms with Crippen molar-refractivity contribution in [3.63, 3.8) is 0 Å². The molecule has 0 aliphatic heterocycles. The molecule has 0 amide bonds. The van der Waals surface area contributed by atoms with Crippen LogP contribution in [0.2, 0.25) is 0 Å². The maximum atomic E-state index is 12.6. The van der Waals surface area contributed by atoms with Crippen LogP contribution in [0.25, 0.3) is 0 Å². The predicted octanol–water partition coefficient (Wildman–Crippen LogP) is 1.86. The van der Waals surface area contributed by atoms with Crippen LogP contribution in [0.3, 0.4) is 0 Å². The molecule has 1 N–H and O–H groups in total. The molecule has 0 radical (unpaired) electrons. The summed E-state index contributed by atoms with van der Waals surface area (Å²) in [5.41, 5.74) is 0.112. The highest BCUT2D eigenvalue weighted by atomic mass is 19.1. The van der Waals surface area contributed by atoms with Gasteiger partial charge in [0.15, 0.2) is 0 Å². The van der Waals surface area contributed by atoms with Crippen molar-refractivity contribution in [2.45, 2.75) is 6.92 Å². The van der Waals surface area contributed by atoms with Gasteiger partial charge in [-0.25, -0.2) is 4.39 Å². The van der Waals surface area contributed by atoms with Crippen molar-refractivity contribution in [2.75, 3.05) is 0 Å². The molecule has 0 unspecified atom stereocenters. The minimum absolute atomic E-state index is 0.0643. The highest BCUT2D eigenvalue weighted by Crippen LogP contribution is 2.05. The molecular formula is C9H8FNO2. The Morgan fingerprint density at radius 3 is 2.77 bits per heavy atom. The predicted molar refractivity (Wildman–Crippen MR) is 45.6 cm³/mol. The standard InChI is InChI=1S/C9H8FNO2/c1-6(11-13)9(12)7-3-2-4-8(10)5-7/h2-5,13H,1H3/b11-6-. The van der Waals surface area contributed by atoms with Crippen molar-refractivity contribution in [3.05, 3.63) is 35.6 Å². The summed E-state index contributed by atoms with van der Waals surface area (Å²) >= 11 is 0. The van der Waals surface area contributed by atoms with E-state index in [9.17, 15) is 9.18 Å². The van der Waals surface area contributed by atoms with Gasteiger partial charge in [0, 0.05) is 5.56 Å². The average molecular weight is 181 g/mol. The molecule has 4 heteroatoms. The number of benzene rings is 1. The smallest absolute Gasteiger partial charge is 0.210 e. The summed E-state index contributed by atoms with van der Waals surface area (Å²) in [6.45, 7) is 1.35. The highest BCUT2D eigenvalue weighted by Gasteiger charge is 2.09. The van der Waals surface area contributed by atoms with Gasteiger partial charge < -0.3 is 5.21 Å². The number of rotatable bonds is 2. The van der Waals surface area contributed by atoms with E-state index in [1.165, 1.54) is 25.1 Å². The van der Waals surface area contributed by atoms with Crippen molar-refractivity contribution in [3.8, 4) is 0 Å². The summed E-state index contributed by atoms with van der Waals surface area (Å²) in [7, 11) is 0. The Labute approximate surface area is 74.5 Å². The minimum Gasteiger partial charge on any atom is -0.411 e. The van der Waals surface area contributed by atoms with Gasteiger partial charge in [0.25, 0.3) is 0 Å². The quantitative estimate of drug-likeness (QED) is 0.327. The van der Waals surface area contributed by atoms with Gasteiger partial charge in [-0.15, -0.1) is 0 Å². The van der Waals surface area contributed by atoms with Gasteiger partial charge in [-0.05, 0) is 19.1 Å². The monoisotopic (exact) mass is 181 g/mol. The molecule has 0 aliphatic carbocycles. The number of nitrogens with zero attached hydrogens (tertiary/aromatic N) is 1. The number of Topliss-reactive ketones (excluding diaryl/α,β-unsaturated/α-hetero) is 1. The third-order valence-corrected chi connectivity index (χ3v) is 1.57. The largest absolute Gasteiger partial charge is 0.411 e. The Bertz CT molecular complexity index is 360. The van der Waals surface area contributed by atoms with Gasteiger partial charge in [-0.1, -0.05) is 17.3 Å². The number of carbonyl (C=O) groups excluding carboxylic acids is 1. The zero-order valence-corrected chi connectivity index (χ0v) is 6.99. The Kier molecular flexibility index (Phi) is 2.74. The van der Waals surface area contributed by atoms with E-state index < -0.39 is 11.6 Å². The lowest BCUT2D eigenvalue weighted by atomic mass is 10.1. The molecule has 13 heavy (non-hydrogen) atoms. The number of oxime groups is 1. The summed E-state index contributed by atoms with van der Waals surface area (Å²) in [6, 6.07) is 5.21. The van der Waals surface area contributed by atoms with Gasteiger partial charge in [-0.2, -0.15) is 0 Å². The fraction of sp³-hybridized carbons (Fsp3) is 0.111. The van der Waals surface area contributed by atoms with E-state index >= 15 is 0 Å². The van der Waals surface area contributed by atoms with Gasteiger partial charge in [0.05, 0.1) is 0 Å². The molecule has 0 spiro atoms. The number of hydrogen-bond acceptors (Lipinski definition) is 3. The minimum atomic E-state index is -0.489. The van der Waals surface area contributed by atoms with E-state index in [4.69, 9.17) is 5.21 Å². The first-order valence-electron chi connectivity index (χ1n) is 3.64. The highest BCUT2D eigenvalue weighted by molar-refractivity contribution is 6.45. The molecule has 0 bridgehead atoms. The molecule has 3 nitrogen and oxygen atoms in total. The first kappa shape index (κ1) is 9.38. The second-order valence-corrected chi connectivity index (χ2v) is 2.52. The van der Waals surface area contributed by atoms with Gasteiger partial charge in [-0.3, -0.25) is 4.79 Å². The third-order valence-electron chi connectivity index (χ3n) is 1.57. The zero-order chi connectivity index (χ0) is 9.84. The van der Waals surface area contributed by atoms with Gasteiger partial charge >= 0.3 is 0 Å². The molecule has 68 valence electrons. The fourth-order valence-corrected chi connectivity index (χ4v) is 0.884. The van der Waals surface area contributed by atoms with Crippen LogP contribution in [0.15, 0.2) is 29.4 Å². The number of hydrogen-bond donors (Lipinski definition) is 1. The van der Waals surface area contributed by atoms with Crippen LogP contribution >= 0.6 is 0 Å². The summed E-state index contributed by atoms with van der Waals surface area (Å²) in [4.78, 5) is 11.3. The fourth-order valence-electron chi connectivity index (χ4n) is 0.884. The summed E-state index contributed by atoms with van der Waals surface area (Å²) in [5, 5.41) is 11.0. The maximum absolute atomic E-state index is 12.6. The molecule has 1 aromatic carbocycles. The van der Waals surface area contributed by atoms with Crippen LogP contribution in [0.4, 0.5) is 4.39 Å². The molecule has 1 aromatic rings. The van der Waals surface area contributed by atoms with Gasteiger partial charge in [0.1, 0.15) is 11.5 Å². The third kappa shape index (κ3) is 2.11. The van der Waals surface area contributed by atoms with E-state index in [1.54, 1.807) is 0 Å². The maximum Gasteiger partial charge on any atom is 0.210 e. The SMILES string of the molecule is C/C(=N/O)C(=O)c1cccc(F)c1. The first-order valence-corrected chi connectivity index (χ1v) is 3.64. The summed E-state index contributed by atoms with van der Waals surface area (Å²) in [5.74, 6) is -0.974. The van der Waals surface area contributed by atoms with Crippen LogP contribution in [0, 0.1) is 5.82 Å². The molecule has 0 heterocycles. The van der Waals surface area contributed by atoms with Crippen LogP contribution in [0.1, 0.15) is 17.3 Å². The van der Waals surface area contributed by atoms with Crippen molar-refractivity contribution in [1.82, 2.24) is 0 Å². The summed E-state index contributed by atoms with van der Waals surface area (Å²) < 4.78 is 12.6. The molecule has 0 fully saturated rings. The van der Waals surface area contributed by atoms with E-state index in [-0.39, 0.29) is 11.3 Å². The van der Waals surface area contributed by atoms with E-state index in [1.807, 2.05) is 0 Å². The molecule has 0 saturated carbocycles. The Morgan fingerprint density at radius 2 is 2.23 bits per heavy atom. The lowest BCUT2D eigenvalue weighted by molar-refractivity contribution is 0.106. The molecule has 1 rings (SSSR count). The van der Waals surface area contributed by atoms with Crippen molar-refractivity contribution >= 4 is 11.5 Å². The Hall–Kier alpha value is -1.71. The Morgan fingerprint density at radius 1 is 1.54 bits per heavy atom. The number of ketones is 1. The molecular weight excluding hydrogens is 173 g/mol. The second kappa shape index (κ2) is 3.80. The lowest BCUT2D eigenvalue weighted by Gasteiger charge is -1.97. The molecule has 0 atom stereocenters. The Balaban J connectivity index is 3.03. The first-order chi connectivity index (χ1) is 6.15. The second-order valence-electron chi connectivity index (χ2n) is 2.52. The number of carbonyl (C=O) groups is 1. The topological polar surface area (TPSA) is 49.7 Å². The van der Waals surface area contributed by atoms with E-state index in [0.717, 1.165) is 6.07 Å². The van der Waals surface area contributed by atoms with Crippen molar-refractivity contribution in [1.29, 1.82) is 0 Å². The van der Waals surface area contributed by atoms with E-state index in [2.05, 4.69) is 5.16 Å². The normalized spacial score (nSPS) is 11.4. The molecule has 0 aliphatic rings. The van der Waals surface area contributed by atoms with Crippen LogP contribution in [-0.4, -0.2) is 16.7 Å². The summed E-state index contributed by atoms with van der Waals surface area (Å²) in [6.07, 6.45) is 0. The van der Waals surface area contributed by atoms with Crippen LogP contribution < -0.4 is 0 Å². The lowest BCUT2D eigenvalue weighted by Crippen LogP contribution is -2.10. The van der Waals surface area contributed by atoms with E-state index in [0.29, 0.717) is 0 Å². The zero-order valence-electron chi connectivity index (χ0n) is 6.99. The average Bonchev–Trinajstić information content (AvgIpc) is 2.15. The van der Waals surface area contributed by atoms with Crippen molar-refractivity contribution in [2.24, 2.45) is 5.16 Å². The van der Waals surface area contributed by atoms with Gasteiger partial charge in [0.2, 0.25) is 5.78 Å². The molecule has 0 saturated heterocycles. The molecule has 0 aromatic heterocycles. The van der Waals surface area contributed by atoms with Crippen LogP contribution in [-0.2, 0) is 0 Å². The van der Waals surface area contributed by atoms with Crippen molar-refractivity contribution < 1.29 is 14.4 Å². The number of halogens is 1. The van der Waals surface area contributed by atoms with Crippen LogP contribution in [0.5, 0.6) is 0 Å².